The van der Waals surface area contributed by atoms with Crippen molar-refractivity contribution in [1.82, 2.24) is 0 Å². The number of methoxy groups -OCH3 is 1. The number of carbonyl (C=O) groups excluding carboxylic acids is 1. The number of rotatable bonds is 8. The van der Waals surface area contributed by atoms with Gasteiger partial charge in [-0.1, -0.05) is 18.2 Å². The zero-order valence-corrected chi connectivity index (χ0v) is 13.7. The highest BCUT2D eigenvalue weighted by molar-refractivity contribution is 5.93. The minimum Gasteiger partial charge on any atom is -0.495 e. The fourth-order valence-electron chi connectivity index (χ4n) is 2.12. The number of hydrogen-bond acceptors (Lipinski definition) is 5. The maximum Gasteiger partial charge on any atom is 0.262 e. The third-order valence-corrected chi connectivity index (χ3v) is 3.23. The number of aliphatic hydroxyl groups excluding tert-OH is 1. The summed E-state index contributed by atoms with van der Waals surface area (Å²) >= 11 is 0. The summed E-state index contributed by atoms with van der Waals surface area (Å²) in [7, 11) is 1.54. The minimum atomic E-state index is -0.312. The molecule has 0 heterocycles. The van der Waals surface area contributed by atoms with Gasteiger partial charge in [0.25, 0.3) is 5.91 Å². The molecule has 2 rings (SSSR count). The summed E-state index contributed by atoms with van der Waals surface area (Å²) in [6.07, 6.45) is 0. The second-order valence-electron chi connectivity index (χ2n) is 4.91. The molecule has 2 aromatic rings. The summed E-state index contributed by atoms with van der Waals surface area (Å²) in [4.78, 5) is 12.1. The Kier molecular flexibility index (Phi) is 6.45. The molecule has 24 heavy (non-hydrogen) atoms. The maximum atomic E-state index is 12.1. The van der Waals surface area contributed by atoms with E-state index in [1.54, 1.807) is 43.5 Å². The SMILES string of the molecule is CCOc1cc(CO)ccc1OCC(=O)Nc1ccccc1OC. The molecule has 6 heteroatoms. The summed E-state index contributed by atoms with van der Waals surface area (Å²) in [5, 5.41) is 11.9. The number of aliphatic hydroxyl groups is 1. The number of para-hydroxylation sites is 2. The molecule has 0 aromatic heterocycles. The number of carbonyl (C=O) groups is 1. The van der Waals surface area contributed by atoms with Crippen LogP contribution in [0.4, 0.5) is 5.69 Å². The van der Waals surface area contributed by atoms with Gasteiger partial charge in [0.15, 0.2) is 18.1 Å². The molecule has 0 atom stereocenters. The van der Waals surface area contributed by atoms with Crippen LogP contribution in [0.5, 0.6) is 17.2 Å². The average Bonchev–Trinajstić information content (AvgIpc) is 2.61. The highest BCUT2D eigenvalue weighted by Crippen LogP contribution is 2.29. The summed E-state index contributed by atoms with van der Waals surface area (Å²) < 4.78 is 16.2. The van der Waals surface area contributed by atoms with Gasteiger partial charge in [0.05, 0.1) is 26.0 Å². The summed E-state index contributed by atoms with van der Waals surface area (Å²) in [5.74, 6) is 1.21. The number of ether oxygens (including phenoxy) is 3. The van der Waals surface area contributed by atoms with E-state index in [9.17, 15) is 9.90 Å². The molecule has 0 spiro atoms. The van der Waals surface area contributed by atoms with Crippen molar-refractivity contribution in [3.05, 3.63) is 48.0 Å². The molecule has 0 aliphatic carbocycles. The van der Waals surface area contributed by atoms with Crippen LogP contribution in [-0.4, -0.2) is 31.3 Å². The van der Waals surface area contributed by atoms with Gasteiger partial charge in [-0.15, -0.1) is 0 Å². The highest BCUT2D eigenvalue weighted by atomic mass is 16.5. The Morgan fingerprint density at radius 1 is 1.08 bits per heavy atom. The Morgan fingerprint density at radius 2 is 1.88 bits per heavy atom. The third kappa shape index (κ3) is 4.63. The van der Waals surface area contributed by atoms with Gasteiger partial charge in [0.1, 0.15) is 5.75 Å². The lowest BCUT2D eigenvalue weighted by Gasteiger charge is -2.13. The Morgan fingerprint density at radius 3 is 2.58 bits per heavy atom. The molecule has 6 nitrogen and oxygen atoms in total. The quantitative estimate of drug-likeness (QED) is 0.777. The van der Waals surface area contributed by atoms with Crippen molar-refractivity contribution in [3.63, 3.8) is 0 Å². The first-order valence-electron chi connectivity index (χ1n) is 7.60. The van der Waals surface area contributed by atoms with Crippen molar-refractivity contribution in [1.29, 1.82) is 0 Å². The Bertz CT molecular complexity index is 687. The smallest absolute Gasteiger partial charge is 0.262 e. The van der Waals surface area contributed by atoms with Gasteiger partial charge >= 0.3 is 0 Å². The van der Waals surface area contributed by atoms with Gasteiger partial charge in [0, 0.05) is 0 Å². The normalized spacial score (nSPS) is 10.1. The van der Waals surface area contributed by atoms with Crippen LogP contribution in [0.1, 0.15) is 12.5 Å². The Hall–Kier alpha value is -2.73. The predicted octanol–water partition coefficient (Wildman–Crippen LogP) is 2.60. The topological polar surface area (TPSA) is 77.0 Å². The summed E-state index contributed by atoms with van der Waals surface area (Å²) in [6.45, 7) is 2.05. The molecule has 0 unspecified atom stereocenters. The van der Waals surface area contributed by atoms with Crippen LogP contribution in [0, 0.1) is 0 Å². The fourth-order valence-corrected chi connectivity index (χ4v) is 2.12. The predicted molar refractivity (Wildman–Crippen MR) is 90.7 cm³/mol. The van der Waals surface area contributed by atoms with E-state index in [1.807, 2.05) is 13.0 Å². The Labute approximate surface area is 141 Å². The van der Waals surface area contributed by atoms with Crippen molar-refractivity contribution >= 4 is 11.6 Å². The van der Waals surface area contributed by atoms with Crippen LogP contribution in [0.3, 0.4) is 0 Å². The van der Waals surface area contributed by atoms with Crippen molar-refractivity contribution in [2.24, 2.45) is 0 Å². The molecule has 0 saturated heterocycles. The second-order valence-corrected chi connectivity index (χ2v) is 4.91. The van der Waals surface area contributed by atoms with Crippen LogP contribution in [-0.2, 0) is 11.4 Å². The molecular formula is C18H21NO5. The molecule has 2 aromatic carbocycles. The molecule has 0 aliphatic rings. The van der Waals surface area contributed by atoms with Crippen LogP contribution in [0.2, 0.25) is 0 Å². The van der Waals surface area contributed by atoms with Crippen LogP contribution in [0.15, 0.2) is 42.5 Å². The second kappa shape index (κ2) is 8.79. The number of benzene rings is 2. The monoisotopic (exact) mass is 331 g/mol. The molecule has 2 N–H and O–H groups in total. The van der Waals surface area contributed by atoms with E-state index < -0.39 is 0 Å². The first-order valence-corrected chi connectivity index (χ1v) is 7.60. The lowest BCUT2D eigenvalue weighted by atomic mass is 10.2. The molecule has 0 radical (unpaired) electrons. The standard InChI is InChI=1S/C18H21NO5/c1-3-23-17-10-13(11-20)8-9-16(17)24-12-18(21)19-14-6-4-5-7-15(14)22-2/h4-10,20H,3,11-12H2,1-2H3,(H,19,21). The number of anilines is 1. The van der Waals surface area contributed by atoms with Gasteiger partial charge in [-0.2, -0.15) is 0 Å². The number of nitrogens with one attached hydrogen (secondary N) is 1. The Balaban J connectivity index is 2.01. The molecule has 0 aliphatic heterocycles. The summed E-state index contributed by atoms with van der Waals surface area (Å²) in [5.41, 5.74) is 1.29. The fraction of sp³-hybridized carbons (Fsp3) is 0.278. The van der Waals surface area contributed by atoms with E-state index in [0.29, 0.717) is 35.1 Å². The number of hydrogen-bond donors (Lipinski definition) is 2. The van der Waals surface area contributed by atoms with Crippen molar-refractivity contribution < 1.29 is 24.1 Å². The van der Waals surface area contributed by atoms with Crippen LogP contribution < -0.4 is 19.5 Å². The number of amides is 1. The third-order valence-electron chi connectivity index (χ3n) is 3.23. The maximum absolute atomic E-state index is 12.1. The molecular weight excluding hydrogens is 310 g/mol. The van der Waals surface area contributed by atoms with E-state index in [-0.39, 0.29) is 19.1 Å². The zero-order chi connectivity index (χ0) is 17.4. The van der Waals surface area contributed by atoms with Gasteiger partial charge in [-0.25, -0.2) is 0 Å². The molecule has 0 saturated carbocycles. The summed E-state index contributed by atoms with van der Waals surface area (Å²) in [6, 6.07) is 12.2. The van der Waals surface area contributed by atoms with E-state index in [4.69, 9.17) is 14.2 Å². The van der Waals surface area contributed by atoms with Gasteiger partial charge in [-0.05, 0) is 36.8 Å². The van der Waals surface area contributed by atoms with Crippen molar-refractivity contribution in [2.75, 3.05) is 25.6 Å². The molecule has 0 bridgehead atoms. The van der Waals surface area contributed by atoms with Gasteiger partial charge in [-0.3, -0.25) is 4.79 Å². The molecule has 1 amide bonds. The van der Waals surface area contributed by atoms with Crippen LogP contribution in [0.25, 0.3) is 0 Å². The van der Waals surface area contributed by atoms with E-state index in [2.05, 4.69) is 5.32 Å². The van der Waals surface area contributed by atoms with E-state index >= 15 is 0 Å². The van der Waals surface area contributed by atoms with Crippen LogP contribution >= 0.6 is 0 Å². The lowest BCUT2D eigenvalue weighted by Crippen LogP contribution is -2.20. The average molecular weight is 331 g/mol. The van der Waals surface area contributed by atoms with E-state index in [0.717, 1.165) is 0 Å². The molecule has 0 fully saturated rings. The highest BCUT2D eigenvalue weighted by Gasteiger charge is 2.11. The van der Waals surface area contributed by atoms with Gasteiger partial charge in [0.2, 0.25) is 0 Å². The van der Waals surface area contributed by atoms with E-state index in [1.165, 1.54) is 0 Å². The molecule has 128 valence electrons. The minimum absolute atomic E-state index is 0.0886. The first kappa shape index (κ1) is 17.6. The largest absolute Gasteiger partial charge is 0.495 e. The lowest BCUT2D eigenvalue weighted by molar-refractivity contribution is -0.118. The first-order chi connectivity index (χ1) is 11.7. The van der Waals surface area contributed by atoms with Crippen molar-refractivity contribution in [2.45, 2.75) is 13.5 Å². The van der Waals surface area contributed by atoms with Crippen molar-refractivity contribution in [3.8, 4) is 17.2 Å². The van der Waals surface area contributed by atoms with Gasteiger partial charge < -0.3 is 24.6 Å². The zero-order valence-electron chi connectivity index (χ0n) is 13.7.